The molecular formula is C13H16F3N3OS. The molecule has 0 aliphatic carbocycles. The lowest BCUT2D eigenvalue weighted by Crippen LogP contribution is -2.17. The zero-order valence-corrected chi connectivity index (χ0v) is 12.6. The van der Waals surface area contributed by atoms with E-state index < -0.39 is 12.8 Å². The molecule has 0 spiro atoms. The second-order valence-corrected chi connectivity index (χ2v) is 5.53. The fraction of sp³-hybridized carbons (Fsp3) is 0.538. The fourth-order valence-electron chi connectivity index (χ4n) is 1.81. The summed E-state index contributed by atoms with van der Waals surface area (Å²) >= 11 is 1.52. The number of fused-ring (bicyclic) bond motifs is 1. The summed E-state index contributed by atoms with van der Waals surface area (Å²) in [5.74, 6) is 0.899. The number of ether oxygens (including phenoxy) is 1. The molecule has 0 fully saturated rings. The largest absolute Gasteiger partial charge is 0.411 e. The molecule has 0 saturated carbocycles. The summed E-state index contributed by atoms with van der Waals surface area (Å²) in [5, 5.41) is 4.01. The third kappa shape index (κ3) is 4.28. The molecular weight excluding hydrogens is 303 g/mol. The van der Waals surface area contributed by atoms with Gasteiger partial charge in [0.15, 0.2) is 5.82 Å². The molecule has 0 amide bonds. The molecule has 2 heterocycles. The third-order valence-corrected chi connectivity index (χ3v) is 3.85. The maximum absolute atomic E-state index is 12.1. The summed E-state index contributed by atoms with van der Waals surface area (Å²) in [7, 11) is 0. The molecule has 0 aliphatic heterocycles. The van der Waals surface area contributed by atoms with E-state index in [9.17, 15) is 13.2 Å². The monoisotopic (exact) mass is 319 g/mol. The van der Waals surface area contributed by atoms with Crippen LogP contribution in [0, 0.1) is 0 Å². The molecule has 0 saturated heterocycles. The van der Waals surface area contributed by atoms with E-state index in [4.69, 9.17) is 0 Å². The molecule has 2 rings (SSSR count). The lowest BCUT2D eigenvalue weighted by Gasteiger charge is -2.09. The number of nitrogens with one attached hydrogen (secondary N) is 1. The zero-order chi connectivity index (χ0) is 15.5. The van der Waals surface area contributed by atoms with Crippen molar-refractivity contribution < 1.29 is 17.9 Å². The van der Waals surface area contributed by atoms with Crippen LogP contribution in [-0.2, 0) is 17.8 Å². The van der Waals surface area contributed by atoms with Crippen LogP contribution in [0.15, 0.2) is 6.07 Å². The summed E-state index contributed by atoms with van der Waals surface area (Å²) in [6.07, 6.45) is -3.46. The van der Waals surface area contributed by atoms with Gasteiger partial charge in [-0.3, -0.25) is 0 Å². The summed E-state index contributed by atoms with van der Waals surface area (Å²) in [6, 6.07) is 2.01. The number of hydrogen-bond acceptors (Lipinski definition) is 5. The van der Waals surface area contributed by atoms with Gasteiger partial charge in [0.25, 0.3) is 0 Å². The maximum atomic E-state index is 12.1. The highest BCUT2D eigenvalue weighted by molar-refractivity contribution is 7.18. The predicted molar refractivity (Wildman–Crippen MR) is 76.7 cm³/mol. The van der Waals surface area contributed by atoms with Gasteiger partial charge in [0.05, 0.1) is 5.39 Å². The summed E-state index contributed by atoms with van der Waals surface area (Å²) in [4.78, 5) is 10.5. The normalized spacial score (nSPS) is 12.0. The average molecular weight is 319 g/mol. The SMILES string of the molecule is CCNc1nc(COCC(F)(F)F)nc2sc(CC)cc12. The van der Waals surface area contributed by atoms with Crippen LogP contribution < -0.4 is 5.32 Å². The quantitative estimate of drug-likeness (QED) is 0.880. The lowest BCUT2D eigenvalue weighted by atomic mass is 10.3. The summed E-state index contributed by atoms with van der Waals surface area (Å²) in [5.41, 5.74) is 0. The highest BCUT2D eigenvalue weighted by atomic mass is 32.1. The Kier molecular flexibility index (Phi) is 5.00. The van der Waals surface area contributed by atoms with E-state index in [2.05, 4.69) is 20.0 Å². The molecule has 0 atom stereocenters. The van der Waals surface area contributed by atoms with Gasteiger partial charge in [-0.15, -0.1) is 11.3 Å². The molecule has 2 aromatic rings. The number of alkyl halides is 3. The van der Waals surface area contributed by atoms with Crippen molar-refractivity contribution in [2.24, 2.45) is 0 Å². The van der Waals surface area contributed by atoms with Crippen molar-refractivity contribution in [1.82, 2.24) is 9.97 Å². The van der Waals surface area contributed by atoms with Gasteiger partial charge < -0.3 is 10.1 Å². The first-order valence-corrected chi connectivity index (χ1v) is 7.42. The van der Waals surface area contributed by atoms with Crippen molar-refractivity contribution in [2.45, 2.75) is 33.1 Å². The van der Waals surface area contributed by atoms with Gasteiger partial charge in [-0.05, 0) is 19.4 Å². The van der Waals surface area contributed by atoms with Crippen LogP contribution in [0.1, 0.15) is 24.5 Å². The molecule has 0 aliphatic rings. The minimum atomic E-state index is -4.34. The third-order valence-electron chi connectivity index (χ3n) is 2.68. The van der Waals surface area contributed by atoms with E-state index in [1.54, 1.807) is 0 Å². The van der Waals surface area contributed by atoms with Crippen molar-refractivity contribution in [2.75, 3.05) is 18.5 Å². The molecule has 8 heteroatoms. The molecule has 2 aromatic heterocycles. The first kappa shape index (κ1) is 16.0. The number of aryl methyl sites for hydroxylation is 1. The zero-order valence-electron chi connectivity index (χ0n) is 11.8. The number of halogens is 3. The van der Waals surface area contributed by atoms with E-state index >= 15 is 0 Å². The molecule has 0 radical (unpaired) electrons. The predicted octanol–water partition coefficient (Wildman–Crippen LogP) is 3.76. The standard InChI is InChI=1S/C13H16F3N3OS/c1-3-8-5-9-11(17-4-2)18-10(19-12(9)21-8)6-20-7-13(14,15)16/h5H,3-4,6-7H2,1-2H3,(H,17,18,19). The van der Waals surface area contributed by atoms with Gasteiger partial charge >= 0.3 is 6.18 Å². The summed E-state index contributed by atoms with van der Waals surface area (Å²) < 4.78 is 40.9. The van der Waals surface area contributed by atoms with Gasteiger partial charge in [0, 0.05) is 11.4 Å². The number of aromatic nitrogens is 2. The van der Waals surface area contributed by atoms with E-state index in [-0.39, 0.29) is 12.4 Å². The lowest BCUT2D eigenvalue weighted by molar-refractivity contribution is -0.177. The molecule has 4 nitrogen and oxygen atoms in total. The number of thiophene rings is 1. The van der Waals surface area contributed by atoms with Crippen molar-refractivity contribution in [3.05, 3.63) is 16.8 Å². The number of hydrogen-bond donors (Lipinski definition) is 1. The van der Waals surface area contributed by atoms with Crippen LogP contribution in [0.5, 0.6) is 0 Å². The topological polar surface area (TPSA) is 47.0 Å². The Balaban J connectivity index is 2.23. The molecule has 0 unspecified atom stereocenters. The van der Waals surface area contributed by atoms with Crippen LogP contribution in [0.25, 0.3) is 10.2 Å². The minimum Gasteiger partial charge on any atom is -0.370 e. The highest BCUT2D eigenvalue weighted by Crippen LogP contribution is 2.29. The van der Waals surface area contributed by atoms with Gasteiger partial charge in [0.2, 0.25) is 0 Å². The Morgan fingerprint density at radius 2 is 2.05 bits per heavy atom. The second-order valence-electron chi connectivity index (χ2n) is 4.41. The number of rotatable bonds is 6. The highest BCUT2D eigenvalue weighted by Gasteiger charge is 2.27. The molecule has 116 valence electrons. The van der Waals surface area contributed by atoms with E-state index in [1.807, 2.05) is 19.9 Å². The van der Waals surface area contributed by atoms with Crippen LogP contribution in [0.4, 0.5) is 19.0 Å². The van der Waals surface area contributed by atoms with Crippen molar-refractivity contribution >= 4 is 27.4 Å². The van der Waals surface area contributed by atoms with Gasteiger partial charge in [-0.25, -0.2) is 9.97 Å². The Morgan fingerprint density at radius 1 is 1.29 bits per heavy atom. The van der Waals surface area contributed by atoms with Gasteiger partial charge in [0.1, 0.15) is 23.9 Å². The van der Waals surface area contributed by atoms with Crippen molar-refractivity contribution in [3.63, 3.8) is 0 Å². The maximum Gasteiger partial charge on any atom is 0.411 e. The van der Waals surface area contributed by atoms with Gasteiger partial charge in [-0.2, -0.15) is 13.2 Å². The van der Waals surface area contributed by atoms with Crippen LogP contribution in [0.2, 0.25) is 0 Å². The Morgan fingerprint density at radius 3 is 2.67 bits per heavy atom. The first-order chi connectivity index (χ1) is 9.93. The Bertz CT molecular complexity index is 612. The van der Waals surface area contributed by atoms with E-state index in [0.717, 1.165) is 21.5 Å². The fourth-order valence-corrected chi connectivity index (χ4v) is 2.80. The van der Waals surface area contributed by atoms with Crippen LogP contribution in [0.3, 0.4) is 0 Å². The Hall–Kier alpha value is -1.41. The van der Waals surface area contributed by atoms with Crippen molar-refractivity contribution in [3.8, 4) is 0 Å². The molecule has 1 N–H and O–H groups in total. The minimum absolute atomic E-state index is 0.257. The number of anilines is 1. The van der Waals surface area contributed by atoms with Crippen molar-refractivity contribution in [1.29, 1.82) is 0 Å². The number of nitrogens with zero attached hydrogens (tertiary/aromatic N) is 2. The molecule has 0 bridgehead atoms. The average Bonchev–Trinajstić information content (AvgIpc) is 2.81. The smallest absolute Gasteiger partial charge is 0.370 e. The molecule has 21 heavy (non-hydrogen) atoms. The Labute approximate surface area is 124 Å². The van der Waals surface area contributed by atoms with Gasteiger partial charge in [-0.1, -0.05) is 6.92 Å². The first-order valence-electron chi connectivity index (χ1n) is 6.60. The second kappa shape index (κ2) is 6.57. The van der Waals surface area contributed by atoms with E-state index in [0.29, 0.717) is 12.4 Å². The van der Waals surface area contributed by atoms with E-state index in [1.165, 1.54) is 11.3 Å². The summed E-state index contributed by atoms with van der Waals surface area (Å²) in [6.45, 7) is 3.09. The molecule has 0 aromatic carbocycles. The van der Waals surface area contributed by atoms with Crippen LogP contribution in [-0.4, -0.2) is 29.3 Å². The van der Waals surface area contributed by atoms with Crippen LogP contribution >= 0.6 is 11.3 Å².